The molecule has 0 aromatic heterocycles. The van der Waals surface area contributed by atoms with Crippen LogP contribution < -0.4 is 16.4 Å². The summed E-state index contributed by atoms with van der Waals surface area (Å²) in [6, 6.07) is -0.741. The van der Waals surface area contributed by atoms with Crippen LogP contribution in [-0.2, 0) is 14.2 Å². The number of aliphatic hydroxyl groups is 3. The van der Waals surface area contributed by atoms with Crippen molar-refractivity contribution in [1.82, 2.24) is 10.6 Å². The molecule has 0 aromatic rings. The molecule has 1 aliphatic carbocycles. The van der Waals surface area contributed by atoms with Crippen LogP contribution in [0, 0.1) is 0 Å². The zero-order valence-corrected chi connectivity index (χ0v) is 15.2. The van der Waals surface area contributed by atoms with Crippen LogP contribution in [0.1, 0.15) is 26.7 Å². The van der Waals surface area contributed by atoms with E-state index in [1.165, 1.54) is 0 Å². The standard InChI is InChI=1S/C16H31N3O6/c1-8-6-15(21,7-17)16(22)13(23-8)24-10-5-9(18-3)11(20)12(19-4)14(10,2)25-16/h8-13,18-22H,5-7,17H2,1-4H3. The summed E-state index contributed by atoms with van der Waals surface area (Å²) >= 11 is 0. The van der Waals surface area contributed by atoms with Crippen molar-refractivity contribution in [3.05, 3.63) is 0 Å². The van der Waals surface area contributed by atoms with Crippen LogP contribution in [0.5, 0.6) is 0 Å². The Bertz CT molecular complexity index is 512. The Balaban J connectivity index is 2.00. The molecule has 1 saturated carbocycles. The minimum absolute atomic E-state index is 0.118. The highest BCUT2D eigenvalue weighted by Gasteiger charge is 2.70. The lowest BCUT2D eigenvalue weighted by Crippen LogP contribution is -2.82. The Morgan fingerprint density at radius 3 is 2.44 bits per heavy atom. The van der Waals surface area contributed by atoms with Crippen LogP contribution in [0.25, 0.3) is 0 Å². The van der Waals surface area contributed by atoms with Crippen LogP contribution in [0.2, 0.25) is 0 Å². The van der Waals surface area contributed by atoms with Crippen LogP contribution >= 0.6 is 0 Å². The van der Waals surface area contributed by atoms with E-state index in [9.17, 15) is 15.3 Å². The van der Waals surface area contributed by atoms with E-state index in [0.717, 1.165) is 0 Å². The maximum atomic E-state index is 11.2. The van der Waals surface area contributed by atoms with Gasteiger partial charge >= 0.3 is 0 Å². The summed E-state index contributed by atoms with van der Waals surface area (Å²) in [6.45, 7) is 3.34. The monoisotopic (exact) mass is 361 g/mol. The lowest BCUT2D eigenvalue weighted by Gasteiger charge is -2.63. The van der Waals surface area contributed by atoms with Gasteiger partial charge in [-0.25, -0.2) is 0 Å². The molecule has 9 atom stereocenters. The second kappa shape index (κ2) is 6.36. The fraction of sp³-hybridized carbons (Fsp3) is 1.00. The lowest BCUT2D eigenvalue weighted by molar-refractivity contribution is -0.494. The zero-order chi connectivity index (χ0) is 18.6. The molecule has 2 heterocycles. The summed E-state index contributed by atoms with van der Waals surface area (Å²) in [5.41, 5.74) is 2.97. The first-order chi connectivity index (χ1) is 11.6. The molecule has 7 N–H and O–H groups in total. The minimum atomic E-state index is -2.12. The van der Waals surface area contributed by atoms with Crippen LogP contribution in [0.4, 0.5) is 0 Å². The van der Waals surface area contributed by atoms with Crippen molar-refractivity contribution in [2.75, 3.05) is 20.6 Å². The van der Waals surface area contributed by atoms with Gasteiger partial charge in [-0.2, -0.15) is 0 Å². The van der Waals surface area contributed by atoms with Gasteiger partial charge in [0.05, 0.1) is 24.4 Å². The van der Waals surface area contributed by atoms with E-state index >= 15 is 0 Å². The molecular formula is C16H31N3O6. The number of hydrogen-bond donors (Lipinski definition) is 6. The molecule has 3 fully saturated rings. The van der Waals surface area contributed by atoms with Gasteiger partial charge in [-0.3, -0.25) is 0 Å². The third kappa shape index (κ3) is 2.65. The molecule has 9 heteroatoms. The molecule has 9 nitrogen and oxygen atoms in total. The highest BCUT2D eigenvalue weighted by molar-refractivity contribution is 5.14. The highest BCUT2D eigenvalue weighted by Crippen LogP contribution is 2.50. The number of nitrogens with two attached hydrogens (primary N) is 1. The zero-order valence-electron chi connectivity index (χ0n) is 15.2. The largest absolute Gasteiger partial charge is 0.390 e. The van der Waals surface area contributed by atoms with Gasteiger partial charge in [0.2, 0.25) is 12.1 Å². The molecule has 0 radical (unpaired) electrons. The van der Waals surface area contributed by atoms with Crippen LogP contribution in [0.3, 0.4) is 0 Å². The van der Waals surface area contributed by atoms with E-state index in [-0.39, 0.29) is 25.1 Å². The number of nitrogens with one attached hydrogen (secondary N) is 2. The molecule has 3 rings (SSSR count). The van der Waals surface area contributed by atoms with Gasteiger partial charge in [0.1, 0.15) is 11.2 Å². The second-order valence-electron chi connectivity index (χ2n) is 7.71. The predicted molar refractivity (Wildman–Crippen MR) is 88.6 cm³/mol. The van der Waals surface area contributed by atoms with Crippen molar-refractivity contribution in [2.45, 2.75) is 80.4 Å². The average molecular weight is 361 g/mol. The first-order valence-corrected chi connectivity index (χ1v) is 8.83. The van der Waals surface area contributed by atoms with Gasteiger partial charge in [-0.15, -0.1) is 0 Å². The van der Waals surface area contributed by atoms with Crippen molar-refractivity contribution >= 4 is 0 Å². The quantitative estimate of drug-likeness (QED) is 0.325. The van der Waals surface area contributed by atoms with E-state index < -0.39 is 41.5 Å². The summed E-state index contributed by atoms with van der Waals surface area (Å²) in [5.74, 6) is -2.12. The van der Waals surface area contributed by atoms with E-state index in [4.69, 9.17) is 19.9 Å². The molecule has 2 aliphatic heterocycles. The molecule has 0 aromatic carbocycles. The van der Waals surface area contributed by atoms with Crippen molar-refractivity contribution in [3.8, 4) is 0 Å². The molecule has 0 bridgehead atoms. The lowest BCUT2D eigenvalue weighted by atomic mass is 9.72. The summed E-state index contributed by atoms with van der Waals surface area (Å²) in [4.78, 5) is 0. The Morgan fingerprint density at radius 1 is 1.20 bits per heavy atom. The van der Waals surface area contributed by atoms with Gasteiger partial charge in [0.25, 0.3) is 0 Å². The number of hydrogen-bond acceptors (Lipinski definition) is 9. The maximum Gasteiger partial charge on any atom is 0.250 e. The van der Waals surface area contributed by atoms with Crippen molar-refractivity contribution in [3.63, 3.8) is 0 Å². The average Bonchev–Trinajstić information content (AvgIpc) is 2.54. The Hall–Kier alpha value is -0.360. The Morgan fingerprint density at radius 2 is 1.88 bits per heavy atom. The number of fused-ring (bicyclic) bond motifs is 2. The normalized spacial score (nSPS) is 56.2. The third-order valence-corrected chi connectivity index (χ3v) is 6.13. The summed E-state index contributed by atoms with van der Waals surface area (Å²) in [6.07, 6.45) is -2.14. The topological polar surface area (TPSA) is 138 Å². The number of likely N-dealkylation sites (N-methyl/N-ethyl adjacent to an activating group) is 2. The van der Waals surface area contributed by atoms with Gasteiger partial charge in [-0.1, -0.05) is 0 Å². The third-order valence-electron chi connectivity index (χ3n) is 6.13. The smallest absolute Gasteiger partial charge is 0.250 e. The molecule has 0 spiro atoms. The molecule has 2 saturated heterocycles. The summed E-state index contributed by atoms with van der Waals surface area (Å²) < 4.78 is 17.9. The van der Waals surface area contributed by atoms with Crippen molar-refractivity contribution < 1.29 is 29.5 Å². The number of ether oxygens (including phenoxy) is 3. The Labute approximate surface area is 147 Å². The number of rotatable bonds is 3. The Kier molecular flexibility index (Phi) is 4.94. The van der Waals surface area contributed by atoms with E-state index in [0.29, 0.717) is 6.42 Å². The molecular weight excluding hydrogens is 330 g/mol. The molecule has 9 unspecified atom stereocenters. The predicted octanol–water partition coefficient (Wildman–Crippen LogP) is -2.39. The highest BCUT2D eigenvalue weighted by atomic mass is 16.8. The van der Waals surface area contributed by atoms with Gasteiger partial charge < -0.3 is 45.9 Å². The fourth-order valence-electron chi connectivity index (χ4n) is 4.62. The second-order valence-corrected chi connectivity index (χ2v) is 7.71. The molecule has 3 aliphatic rings. The van der Waals surface area contributed by atoms with E-state index in [1.807, 2.05) is 0 Å². The van der Waals surface area contributed by atoms with Gasteiger partial charge in [0.15, 0.2) is 0 Å². The fourth-order valence-corrected chi connectivity index (χ4v) is 4.62. The minimum Gasteiger partial charge on any atom is -0.390 e. The molecule has 0 amide bonds. The van der Waals surface area contributed by atoms with Crippen molar-refractivity contribution in [1.29, 1.82) is 0 Å². The maximum absolute atomic E-state index is 11.2. The van der Waals surface area contributed by atoms with Crippen molar-refractivity contribution in [2.24, 2.45) is 5.73 Å². The van der Waals surface area contributed by atoms with E-state index in [1.54, 1.807) is 27.9 Å². The molecule has 146 valence electrons. The van der Waals surface area contributed by atoms with Crippen LogP contribution in [-0.4, -0.2) is 89.6 Å². The van der Waals surface area contributed by atoms with E-state index in [2.05, 4.69) is 10.6 Å². The van der Waals surface area contributed by atoms with Gasteiger partial charge in [-0.05, 0) is 34.4 Å². The first-order valence-electron chi connectivity index (χ1n) is 8.83. The summed E-state index contributed by atoms with van der Waals surface area (Å²) in [7, 11) is 3.48. The van der Waals surface area contributed by atoms with Gasteiger partial charge in [0, 0.05) is 19.0 Å². The number of aliphatic hydroxyl groups excluding tert-OH is 1. The summed E-state index contributed by atoms with van der Waals surface area (Å²) in [5, 5.41) is 39.0. The first kappa shape index (κ1) is 19.4. The van der Waals surface area contributed by atoms with Crippen LogP contribution in [0.15, 0.2) is 0 Å². The molecule has 25 heavy (non-hydrogen) atoms. The SMILES string of the molecule is CNC1CC2OC3OC(C)CC(O)(CN)C3(O)OC2(C)C(NC)C1O.